The van der Waals surface area contributed by atoms with E-state index in [1.165, 1.54) is 6.07 Å². The minimum atomic E-state index is -4.54. The van der Waals surface area contributed by atoms with E-state index in [-0.39, 0.29) is 12.1 Å². The van der Waals surface area contributed by atoms with Gasteiger partial charge in [-0.05, 0) is 47.6 Å². The summed E-state index contributed by atoms with van der Waals surface area (Å²) in [5.74, 6) is -0.689. The second-order valence-corrected chi connectivity index (χ2v) is 9.09. The van der Waals surface area contributed by atoms with Crippen molar-refractivity contribution in [2.45, 2.75) is 37.4 Å². The second kappa shape index (κ2) is 9.34. The first-order chi connectivity index (χ1) is 17.7. The quantitative estimate of drug-likeness (QED) is 0.186. The number of carbonyl (C=O) groups is 1. The zero-order valence-electron chi connectivity index (χ0n) is 19.7. The topological polar surface area (TPSA) is 90.1 Å². The summed E-state index contributed by atoms with van der Waals surface area (Å²) in [5, 5.41) is 13.6. The molecule has 10 heteroatoms. The van der Waals surface area contributed by atoms with Crippen molar-refractivity contribution >= 4 is 22.6 Å². The van der Waals surface area contributed by atoms with E-state index in [4.69, 9.17) is 0 Å². The van der Waals surface area contributed by atoms with Crippen LogP contribution in [0.2, 0.25) is 0 Å². The number of alkyl halides is 3. The molecule has 190 valence electrons. The van der Waals surface area contributed by atoms with Crippen LogP contribution in [0.15, 0.2) is 73.1 Å². The molecule has 0 atom stereocenters. The van der Waals surface area contributed by atoms with Gasteiger partial charge >= 0.3 is 6.18 Å². The van der Waals surface area contributed by atoms with Gasteiger partial charge in [-0.3, -0.25) is 14.9 Å². The summed E-state index contributed by atoms with van der Waals surface area (Å²) in [6.07, 6.45) is -1.69. The summed E-state index contributed by atoms with van der Waals surface area (Å²) in [4.78, 5) is 28.9. The molecule has 3 aromatic carbocycles. The van der Waals surface area contributed by atoms with Crippen LogP contribution >= 0.6 is 0 Å². The van der Waals surface area contributed by atoms with Crippen LogP contribution in [0.25, 0.3) is 22.2 Å². The van der Waals surface area contributed by atoms with Gasteiger partial charge in [-0.15, -0.1) is 0 Å². The lowest BCUT2D eigenvalue weighted by Crippen LogP contribution is -2.47. The molecular formula is C27H23F3N4O3. The van der Waals surface area contributed by atoms with E-state index in [0.717, 1.165) is 11.1 Å². The SMILES string of the molecule is O=C(NCC(F)(F)F)C1(CCCCn2cnc3cccc([N+](=O)[O-])c32)c2ccccc2-c2ccccc21. The molecule has 1 heterocycles. The fourth-order valence-electron chi connectivity index (χ4n) is 5.38. The number of unbranched alkanes of at least 4 members (excludes halogenated alkanes) is 1. The van der Waals surface area contributed by atoms with Gasteiger partial charge in [0, 0.05) is 12.6 Å². The van der Waals surface area contributed by atoms with Crippen LogP contribution in [-0.4, -0.2) is 33.1 Å². The lowest BCUT2D eigenvalue weighted by molar-refractivity contribution is -0.383. The smallest absolute Gasteiger partial charge is 0.346 e. The lowest BCUT2D eigenvalue weighted by atomic mass is 9.73. The van der Waals surface area contributed by atoms with Crippen LogP contribution in [-0.2, 0) is 16.8 Å². The number of nitro groups is 1. The lowest BCUT2D eigenvalue weighted by Gasteiger charge is -2.31. The van der Waals surface area contributed by atoms with Crippen molar-refractivity contribution in [3.8, 4) is 11.1 Å². The van der Waals surface area contributed by atoms with E-state index >= 15 is 0 Å². The summed E-state index contributed by atoms with van der Waals surface area (Å²) in [5.41, 5.74) is 2.63. The summed E-state index contributed by atoms with van der Waals surface area (Å²) >= 11 is 0. The van der Waals surface area contributed by atoms with Gasteiger partial charge in [-0.1, -0.05) is 54.6 Å². The van der Waals surface area contributed by atoms with Gasteiger partial charge in [0.15, 0.2) is 0 Å². The molecule has 0 spiro atoms. The highest BCUT2D eigenvalue weighted by molar-refractivity contribution is 6.00. The number of non-ortho nitro benzene ring substituents is 1. The van der Waals surface area contributed by atoms with Crippen LogP contribution in [0.3, 0.4) is 0 Å². The molecule has 1 aromatic heterocycles. The van der Waals surface area contributed by atoms with Crippen molar-refractivity contribution in [3.63, 3.8) is 0 Å². The Morgan fingerprint density at radius 1 is 0.973 bits per heavy atom. The molecule has 0 saturated heterocycles. The van der Waals surface area contributed by atoms with Gasteiger partial charge in [0.1, 0.15) is 17.5 Å². The number of amides is 1. The number of halogens is 3. The molecule has 4 aromatic rings. The highest BCUT2D eigenvalue weighted by Gasteiger charge is 2.49. The fourth-order valence-corrected chi connectivity index (χ4v) is 5.38. The molecule has 0 unspecified atom stereocenters. The Morgan fingerprint density at radius 2 is 1.62 bits per heavy atom. The summed E-state index contributed by atoms with van der Waals surface area (Å²) in [6, 6.07) is 19.3. The Labute approximate surface area is 210 Å². The zero-order valence-corrected chi connectivity index (χ0v) is 19.7. The number of hydrogen-bond acceptors (Lipinski definition) is 4. The first kappa shape index (κ1) is 24.5. The van der Waals surface area contributed by atoms with Crippen molar-refractivity contribution in [2.75, 3.05) is 6.54 Å². The van der Waals surface area contributed by atoms with E-state index in [1.807, 2.05) is 24.3 Å². The molecule has 1 N–H and O–H groups in total. The largest absolute Gasteiger partial charge is 0.405 e. The number of hydrogen-bond donors (Lipinski definition) is 1. The van der Waals surface area contributed by atoms with Gasteiger partial charge in [-0.25, -0.2) is 4.98 Å². The molecule has 1 amide bonds. The Morgan fingerprint density at radius 3 is 2.24 bits per heavy atom. The number of nitro benzene ring substituents is 1. The molecule has 0 radical (unpaired) electrons. The van der Waals surface area contributed by atoms with Crippen molar-refractivity contribution in [3.05, 3.63) is 94.3 Å². The third-order valence-corrected chi connectivity index (χ3v) is 6.92. The number of nitrogens with zero attached hydrogens (tertiary/aromatic N) is 3. The number of fused-ring (bicyclic) bond motifs is 4. The van der Waals surface area contributed by atoms with Crippen LogP contribution in [0.1, 0.15) is 30.4 Å². The number of nitrogens with one attached hydrogen (secondary N) is 1. The van der Waals surface area contributed by atoms with Crippen LogP contribution in [0, 0.1) is 10.1 Å². The standard InChI is InChI=1S/C27H23F3N4O3/c28-27(29,30)16-31-25(35)26(20-10-3-1-8-18(20)19-9-2-4-11-21(19)26)14-5-6-15-33-17-32-22-12-7-13-23(24(22)33)34(36)37/h1-4,7-13,17H,5-6,14-16H2,(H,31,35). The summed E-state index contributed by atoms with van der Waals surface area (Å²) in [6.45, 7) is -1.01. The molecule has 0 aliphatic heterocycles. The Balaban J connectivity index is 1.44. The van der Waals surface area contributed by atoms with Gasteiger partial charge in [0.25, 0.3) is 5.69 Å². The van der Waals surface area contributed by atoms with Gasteiger partial charge in [-0.2, -0.15) is 13.2 Å². The monoisotopic (exact) mass is 508 g/mol. The number of para-hydroxylation sites is 1. The van der Waals surface area contributed by atoms with E-state index in [1.54, 1.807) is 47.3 Å². The minimum Gasteiger partial charge on any atom is -0.346 e. The zero-order chi connectivity index (χ0) is 26.2. The van der Waals surface area contributed by atoms with Crippen LogP contribution in [0.4, 0.5) is 18.9 Å². The van der Waals surface area contributed by atoms with Crippen molar-refractivity contribution in [2.24, 2.45) is 0 Å². The maximum atomic E-state index is 13.6. The van der Waals surface area contributed by atoms with Gasteiger partial charge in [0.05, 0.1) is 16.8 Å². The Hall–Kier alpha value is -4.21. The minimum absolute atomic E-state index is 0.0448. The highest BCUT2D eigenvalue weighted by Crippen LogP contribution is 2.51. The number of rotatable bonds is 8. The first-order valence-electron chi connectivity index (χ1n) is 11.8. The third kappa shape index (κ3) is 4.32. The van der Waals surface area contributed by atoms with Gasteiger partial charge in [0.2, 0.25) is 5.91 Å². The molecule has 0 saturated carbocycles. The third-order valence-electron chi connectivity index (χ3n) is 6.92. The van der Waals surface area contributed by atoms with E-state index in [0.29, 0.717) is 41.5 Å². The molecule has 0 bridgehead atoms. The number of carbonyl (C=O) groups excluding carboxylic acids is 1. The predicted octanol–water partition coefficient (Wildman–Crippen LogP) is 5.76. The van der Waals surface area contributed by atoms with E-state index in [9.17, 15) is 28.1 Å². The highest BCUT2D eigenvalue weighted by atomic mass is 19.4. The molecule has 5 rings (SSSR count). The maximum absolute atomic E-state index is 13.6. The first-order valence-corrected chi connectivity index (χ1v) is 11.8. The summed E-state index contributed by atoms with van der Waals surface area (Å²) in [7, 11) is 0. The molecule has 1 aliphatic rings. The second-order valence-electron chi connectivity index (χ2n) is 9.09. The number of aryl methyl sites for hydroxylation is 1. The molecule has 37 heavy (non-hydrogen) atoms. The normalized spacial score (nSPS) is 13.8. The fraction of sp³-hybridized carbons (Fsp3) is 0.259. The maximum Gasteiger partial charge on any atom is 0.405 e. The molecule has 0 fully saturated rings. The van der Waals surface area contributed by atoms with Crippen molar-refractivity contribution in [1.82, 2.24) is 14.9 Å². The van der Waals surface area contributed by atoms with E-state index in [2.05, 4.69) is 10.3 Å². The molecular weight excluding hydrogens is 485 g/mol. The average Bonchev–Trinajstić information content (AvgIpc) is 3.42. The van der Waals surface area contributed by atoms with Gasteiger partial charge < -0.3 is 9.88 Å². The average molecular weight is 509 g/mol. The number of benzene rings is 3. The predicted molar refractivity (Wildman–Crippen MR) is 132 cm³/mol. The Bertz CT molecular complexity index is 1450. The van der Waals surface area contributed by atoms with E-state index < -0.39 is 29.0 Å². The van der Waals surface area contributed by atoms with Crippen molar-refractivity contribution in [1.29, 1.82) is 0 Å². The molecule has 1 aliphatic carbocycles. The van der Waals surface area contributed by atoms with Crippen molar-refractivity contribution < 1.29 is 22.9 Å². The number of imidazole rings is 1. The Kier molecular flexibility index (Phi) is 6.18. The molecule has 7 nitrogen and oxygen atoms in total. The summed E-state index contributed by atoms with van der Waals surface area (Å²) < 4.78 is 40.8. The van der Waals surface area contributed by atoms with Crippen LogP contribution < -0.4 is 5.32 Å². The van der Waals surface area contributed by atoms with Crippen LogP contribution in [0.5, 0.6) is 0 Å². The number of aromatic nitrogens is 2.